The van der Waals surface area contributed by atoms with Gasteiger partial charge in [0.15, 0.2) is 0 Å². The first-order chi connectivity index (χ1) is 10.3. The summed E-state index contributed by atoms with van der Waals surface area (Å²) in [6.07, 6.45) is -1.12. The quantitative estimate of drug-likeness (QED) is 0.769. The van der Waals surface area contributed by atoms with Crippen LogP contribution < -0.4 is 11.1 Å². The van der Waals surface area contributed by atoms with E-state index in [0.29, 0.717) is 24.1 Å². The molecule has 0 aliphatic rings. The van der Waals surface area contributed by atoms with Crippen molar-refractivity contribution in [2.45, 2.75) is 44.9 Å². The van der Waals surface area contributed by atoms with E-state index in [1.54, 1.807) is 45.0 Å². The summed E-state index contributed by atoms with van der Waals surface area (Å²) in [5, 5.41) is 21.8. The fourth-order valence-corrected chi connectivity index (χ4v) is 1.93. The summed E-state index contributed by atoms with van der Waals surface area (Å²) in [6, 6.07) is 8.00. The van der Waals surface area contributed by atoms with E-state index in [0.717, 1.165) is 0 Å². The van der Waals surface area contributed by atoms with Crippen molar-refractivity contribution in [1.82, 2.24) is 5.32 Å². The van der Waals surface area contributed by atoms with Crippen molar-refractivity contribution in [3.8, 4) is 6.07 Å². The van der Waals surface area contributed by atoms with E-state index >= 15 is 0 Å². The van der Waals surface area contributed by atoms with Gasteiger partial charge in [-0.25, -0.2) is 4.79 Å². The van der Waals surface area contributed by atoms with E-state index in [1.165, 1.54) is 0 Å². The second-order valence-electron chi connectivity index (χ2n) is 6.01. The first kappa shape index (κ1) is 18.0. The smallest absolute Gasteiger partial charge is 0.407 e. The van der Waals surface area contributed by atoms with Crippen LogP contribution in [0.5, 0.6) is 0 Å². The normalized spacial score (nSPS) is 13.8. The fraction of sp³-hybridized carbons (Fsp3) is 0.500. The van der Waals surface area contributed by atoms with E-state index in [9.17, 15) is 9.90 Å². The average Bonchev–Trinajstić information content (AvgIpc) is 2.44. The molecule has 1 rings (SSSR count). The third-order valence-corrected chi connectivity index (χ3v) is 2.94. The predicted octanol–water partition coefficient (Wildman–Crippen LogP) is 1.83. The summed E-state index contributed by atoms with van der Waals surface area (Å²) in [6.45, 7) is 5.61. The van der Waals surface area contributed by atoms with E-state index in [-0.39, 0.29) is 0 Å². The number of nitrogens with one attached hydrogen (secondary N) is 1. The van der Waals surface area contributed by atoms with Crippen molar-refractivity contribution >= 4 is 6.09 Å². The minimum absolute atomic E-state index is 0.313. The molecule has 1 amide bonds. The van der Waals surface area contributed by atoms with Gasteiger partial charge in [-0.05, 0) is 51.4 Å². The molecule has 4 N–H and O–H groups in total. The van der Waals surface area contributed by atoms with Crippen LogP contribution in [0.1, 0.15) is 44.4 Å². The number of nitrogens with two attached hydrogens (primary N) is 1. The van der Waals surface area contributed by atoms with Crippen LogP contribution in [0.4, 0.5) is 4.79 Å². The number of aliphatic hydroxyl groups excluding tert-OH is 1. The summed E-state index contributed by atoms with van der Waals surface area (Å²) >= 11 is 0. The summed E-state index contributed by atoms with van der Waals surface area (Å²) in [5.41, 5.74) is 6.04. The molecule has 6 nitrogen and oxygen atoms in total. The molecule has 0 radical (unpaired) electrons. The molecular formula is C16H23N3O3. The Morgan fingerprint density at radius 3 is 2.45 bits per heavy atom. The van der Waals surface area contributed by atoms with Crippen LogP contribution in [0.2, 0.25) is 0 Å². The third-order valence-electron chi connectivity index (χ3n) is 2.94. The molecule has 2 unspecified atom stereocenters. The number of hydrogen-bond donors (Lipinski definition) is 3. The van der Waals surface area contributed by atoms with Crippen LogP contribution in [0.25, 0.3) is 0 Å². The van der Waals surface area contributed by atoms with Gasteiger partial charge >= 0.3 is 6.09 Å². The van der Waals surface area contributed by atoms with Gasteiger partial charge in [0.2, 0.25) is 0 Å². The first-order valence-electron chi connectivity index (χ1n) is 7.14. The molecule has 0 fully saturated rings. The molecule has 0 aliphatic carbocycles. The van der Waals surface area contributed by atoms with Gasteiger partial charge < -0.3 is 20.9 Å². The molecule has 22 heavy (non-hydrogen) atoms. The third kappa shape index (κ3) is 5.72. The minimum Gasteiger partial charge on any atom is -0.444 e. The lowest BCUT2D eigenvalue weighted by Gasteiger charge is -2.26. The second-order valence-corrected chi connectivity index (χ2v) is 6.01. The number of nitriles is 1. The number of amides is 1. The largest absolute Gasteiger partial charge is 0.444 e. The molecule has 0 aromatic heterocycles. The Hall–Kier alpha value is -2.10. The highest BCUT2D eigenvalue weighted by Gasteiger charge is 2.25. The van der Waals surface area contributed by atoms with E-state index in [4.69, 9.17) is 15.7 Å². The van der Waals surface area contributed by atoms with Crippen LogP contribution in [0.15, 0.2) is 24.3 Å². The molecule has 0 bridgehead atoms. The second kappa shape index (κ2) is 7.78. The minimum atomic E-state index is -0.927. The van der Waals surface area contributed by atoms with Gasteiger partial charge in [0.25, 0.3) is 0 Å². The number of hydrogen-bond acceptors (Lipinski definition) is 5. The van der Waals surface area contributed by atoms with E-state index < -0.39 is 23.8 Å². The standard InChI is InChI=1S/C16H23N3O3/c1-16(2,3)22-15(21)19-13(8-9-17)14(20)12-6-4-11(10-18)5-7-12/h4-7,13-14,20H,8-9,17H2,1-3H3,(H,19,21). The Bertz CT molecular complexity index is 529. The molecular weight excluding hydrogens is 282 g/mol. The van der Waals surface area contributed by atoms with Crippen LogP contribution in [0.3, 0.4) is 0 Å². The maximum atomic E-state index is 11.9. The molecule has 2 atom stereocenters. The van der Waals surface area contributed by atoms with Gasteiger partial charge in [-0.15, -0.1) is 0 Å². The van der Waals surface area contributed by atoms with Crippen molar-refractivity contribution in [2.75, 3.05) is 6.54 Å². The average molecular weight is 305 g/mol. The van der Waals surface area contributed by atoms with Gasteiger partial charge in [-0.2, -0.15) is 5.26 Å². The van der Waals surface area contributed by atoms with Crippen LogP contribution in [-0.4, -0.2) is 29.4 Å². The highest BCUT2D eigenvalue weighted by atomic mass is 16.6. The molecule has 0 saturated heterocycles. The Labute approximate surface area is 130 Å². The number of rotatable bonds is 5. The Balaban J connectivity index is 2.80. The number of alkyl carbamates (subject to hydrolysis) is 1. The van der Waals surface area contributed by atoms with Crippen LogP contribution in [-0.2, 0) is 4.74 Å². The van der Waals surface area contributed by atoms with Gasteiger partial charge in [0.1, 0.15) is 5.60 Å². The van der Waals surface area contributed by atoms with Crippen molar-refractivity contribution in [3.05, 3.63) is 35.4 Å². The van der Waals surface area contributed by atoms with Crippen LogP contribution in [0, 0.1) is 11.3 Å². The molecule has 0 aliphatic heterocycles. The number of ether oxygens (including phenoxy) is 1. The monoisotopic (exact) mass is 305 g/mol. The highest BCUT2D eigenvalue weighted by Crippen LogP contribution is 2.20. The summed E-state index contributed by atoms with van der Waals surface area (Å²) in [4.78, 5) is 11.9. The zero-order valence-electron chi connectivity index (χ0n) is 13.2. The Kier molecular flexibility index (Phi) is 6.35. The van der Waals surface area contributed by atoms with Gasteiger partial charge in [0, 0.05) is 0 Å². The molecule has 1 aromatic carbocycles. The zero-order valence-corrected chi connectivity index (χ0v) is 13.2. The number of nitrogens with zero attached hydrogens (tertiary/aromatic N) is 1. The lowest BCUT2D eigenvalue weighted by atomic mass is 9.99. The lowest BCUT2D eigenvalue weighted by Crippen LogP contribution is -2.43. The summed E-state index contributed by atoms with van der Waals surface area (Å²) in [7, 11) is 0. The summed E-state index contributed by atoms with van der Waals surface area (Å²) in [5.74, 6) is 0. The summed E-state index contributed by atoms with van der Waals surface area (Å²) < 4.78 is 5.19. The van der Waals surface area contributed by atoms with Crippen LogP contribution >= 0.6 is 0 Å². The molecule has 120 valence electrons. The maximum absolute atomic E-state index is 11.9. The van der Waals surface area contributed by atoms with Crippen molar-refractivity contribution in [1.29, 1.82) is 5.26 Å². The first-order valence-corrected chi connectivity index (χ1v) is 7.14. The Morgan fingerprint density at radius 2 is 2.00 bits per heavy atom. The highest BCUT2D eigenvalue weighted by molar-refractivity contribution is 5.68. The van der Waals surface area contributed by atoms with Gasteiger partial charge in [0.05, 0.1) is 23.8 Å². The van der Waals surface area contributed by atoms with Crippen molar-refractivity contribution < 1.29 is 14.6 Å². The molecule has 6 heteroatoms. The zero-order chi connectivity index (χ0) is 16.8. The SMILES string of the molecule is CC(C)(C)OC(=O)NC(CCN)C(O)c1ccc(C#N)cc1. The van der Waals surface area contributed by atoms with E-state index in [1.807, 2.05) is 6.07 Å². The number of aliphatic hydroxyl groups is 1. The number of carbonyl (C=O) groups excluding carboxylic acids is 1. The molecule has 0 spiro atoms. The maximum Gasteiger partial charge on any atom is 0.407 e. The molecule has 0 saturated carbocycles. The fourth-order valence-electron chi connectivity index (χ4n) is 1.93. The predicted molar refractivity (Wildman–Crippen MR) is 82.9 cm³/mol. The number of benzene rings is 1. The van der Waals surface area contributed by atoms with Gasteiger partial charge in [-0.3, -0.25) is 0 Å². The van der Waals surface area contributed by atoms with Gasteiger partial charge in [-0.1, -0.05) is 12.1 Å². The lowest BCUT2D eigenvalue weighted by molar-refractivity contribution is 0.0416. The van der Waals surface area contributed by atoms with Crippen molar-refractivity contribution in [3.63, 3.8) is 0 Å². The van der Waals surface area contributed by atoms with Crippen molar-refractivity contribution in [2.24, 2.45) is 5.73 Å². The van der Waals surface area contributed by atoms with E-state index in [2.05, 4.69) is 5.32 Å². The Morgan fingerprint density at radius 1 is 1.41 bits per heavy atom. The topological polar surface area (TPSA) is 108 Å². The molecule has 1 aromatic rings. The molecule has 0 heterocycles. The number of carbonyl (C=O) groups is 1.